The summed E-state index contributed by atoms with van der Waals surface area (Å²) in [7, 11) is 0. The van der Waals surface area contributed by atoms with Crippen LogP contribution in [0.1, 0.15) is 6.92 Å². The first-order valence-corrected chi connectivity index (χ1v) is 4.78. The van der Waals surface area contributed by atoms with E-state index in [4.69, 9.17) is 0 Å². The molecule has 0 aliphatic heterocycles. The maximum absolute atomic E-state index is 10.7. The third-order valence-electron chi connectivity index (χ3n) is 1.66. The van der Waals surface area contributed by atoms with Crippen molar-refractivity contribution in [2.45, 2.75) is 6.92 Å². The quantitative estimate of drug-likeness (QED) is 0.519. The number of benzene rings is 1. The molecular weight excluding hydrogens is 224 g/mol. The highest BCUT2D eigenvalue weighted by molar-refractivity contribution is 5.72. The van der Waals surface area contributed by atoms with Gasteiger partial charge in [0.1, 0.15) is 0 Å². The van der Waals surface area contributed by atoms with Gasteiger partial charge in [-0.1, -0.05) is 18.2 Å². The summed E-state index contributed by atoms with van der Waals surface area (Å²) in [4.78, 5) is 20.4. The Morgan fingerprint density at radius 3 is 2.47 bits per heavy atom. The van der Waals surface area contributed by atoms with Gasteiger partial charge in [-0.05, 0) is 12.1 Å². The summed E-state index contributed by atoms with van der Waals surface area (Å²) in [5.41, 5.74) is 5.32. The molecule has 7 nitrogen and oxygen atoms in total. The van der Waals surface area contributed by atoms with Gasteiger partial charge in [0.05, 0.1) is 4.92 Å². The van der Waals surface area contributed by atoms with Crippen molar-refractivity contribution in [3.8, 4) is 0 Å². The van der Waals surface area contributed by atoms with Gasteiger partial charge in [0, 0.05) is 12.6 Å². The lowest BCUT2D eigenvalue weighted by Gasteiger charge is -2.10. The first kappa shape index (κ1) is 12.5. The number of carbonyl (C=O) groups is 1. The Balaban J connectivity index is 2.71. The van der Waals surface area contributed by atoms with Crippen LogP contribution in [0.15, 0.2) is 42.4 Å². The van der Waals surface area contributed by atoms with E-state index in [1.807, 2.05) is 6.07 Å². The van der Waals surface area contributed by atoms with Crippen molar-refractivity contribution < 1.29 is 9.72 Å². The lowest BCUT2D eigenvalue weighted by Crippen LogP contribution is -2.37. The van der Waals surface area contributed by atoms with Crippen molar-refractivity contribution in [2.75, 3.05) is 5.32 Å². The fourth-order valence-corrected chi connectivity index (χ4v) is 1.03. The number of anilines is 1. The van der Waals surface area contributed by atoms with Crippen LogP contribution in [0.2, 0.25) is 0 Å². The van der Waals surface area contributed by atoms with Crippen molar-refractivity contribution in [3.63, 3.8) is 0 Å². The molecule has 0 fully saturated rings. The van der Waals surface area contributed by atoms with Gasteiger partial charge in [-0.25, -0.2) is 0 Å². The number of nitrogens with zero attached hydrogens (tertiary/aromatic N) is 1. The van der Waals surface area contributed by atoms with Crippen LogP contribution in [0, 0.1) is 10.1 Å². The highest BCUT2D eigenvalue weighted by atomic mass is 16.6. The molecule has 1 rings (SSSR count). The largest absolute Gasteiger partial charge is 0.336 e. The van der Waals surface area contributed by atoms with E-state index in [-0.39, 0.29) is 11.7 Å². The molecule has 0 saturated heterocycles. The molecule has 0 radical (unpaired) electrons. The summed E-state index contributed by atoms with van der Waals surface area (Å²) >= 11 is 0. The summed E-state index contributed by atoms with van der Waals surface area (Å²) in [6, 6.07) is 8.87. The number of carbonyl (C=O) groups excluding carboxylic acids is 1. The van der Waals surface area contributed by atoms with Crippen LogP contribution < -0.4 is 16.2 Å². The topological polar surface area (TPSA) is 96.3 Å². The summed E-state index contributed by atoms with van der Waals surface area (Å²) in [6.45, 7) is 1.29. The second kappa shape index (κ2) is 6.11. The Morgan fingerprint density at radius 2 is 1.94 bits per heavy atom. The molecule has 0 aromatic heterocycles. The third kappa shape index (κ3) is 5.17. The number of hydrazine groups is 1. The zero-order chi connectivity index (χ0) is 12.7. The molecule has 17 heavy (non-hydrogen) atoms. The maximum atomic E-state index is 10.7. The second-order valence-corrected chi connectivity index (χ2v) is 3.13. The number of rotatable bonds is 5. The molecule has 0 saturated carbocycles. The summed E-state index contributed by atoms with van der Waals surface area (Å²) in [5.74, 6) is -0.287. The van der Waals surface area contributed by atoms with Gasteiger partial charge in [-0.15, -0.1) is 0 Å². The molecule has 1 amide bonds. The van der Waals surface area contributed by atoms with Crippen LogP contribution >= 0.6 is 0 Å². The van der Waals surface area contributed by atoms with E-state index >= 15 is 0 Å². The zero-order valence-electron chi connectivity index (χ0n) is 9.14. The molecule has 1 aromatic carbocycles. The molecule has 0 unspecified atom stereocenters. The number of nitro groups is 1. The fraction of sp³-hybridized carbons (Fsp3) is 0.100. The predicted molar refractivity (Wildman–Crippen MR) is 62.1 cm³/mol. The van der Waals surface area contributed by atoms with Crippen LogP contribution in [0.5, 0.6) is 0 Å². The summed E-state index contributed by atoms with van der Waals surface area (Å²) in [6.07, 6.45) is 0.725. The minimum absolute atomic E-state index is 0.0661. The number of hydrogen-bond acceptors (Lipinski definition) is 5. The van der Waals surface area contributed by atoms with E-state index in [1.165, 1.54) is 6.92 Å². The average molecular weight is 236 g/mol. The molecular formula is C10H12N4O3. The van der Waals surface area contributed by atoms with Gasteiger partial charge < -0.3 is 5.32 Å². The van der Waals surface area contributed by atoms with Crippen molar-refractivity contribution in [1.82, 2.24) is 10.9 Å². The summed E-state index contributed by atoms with van der Waals surface area (Å²) < 4.78 is 0. The van der Waals surface area contributed by atoms with Gasteiger partial charge in [0.2, 0.25) is 5.91 Å². The van der Waals surface area contributed by atoms with Gasteiger partial charge in [0.15, 0.2) is 5.82 Å². The Labute approximate surface area is 97.6 Å². The molecule has 1 aromatic rings. The van der Waals surface area contributed by atoms with Gasteiger partial charge in [-0.2, -0.15) is 0 Å². The second-order valence-electron chi connectivity index (χ2n) is 3.13. The Kier molecular flexibility index (Phi) is 4.49. The Bertz CT molecular complexity index is 430. The molecule has 0 aliphatic rings. The third-order valence-corrected chi connectivity index (χ3v) is 1.66. The lowest BCUT2D eigenvalue weighted by molar-refractivity contribution is -0.403. The van der Waals surface area contributed by atoms with Gasteiger partial charge in [-0.3, -0.25) is 25.8 Å². The van der Waals surface area contributed by atoms with Gasteiger partial charge >= 0.3 is 0 Å². The lowest BCUT2D eigenvalue weighted by atomic mass is 10.3. The van der Waals surface area contributed by atoms with E-state index in [2.05, 4.69) is 16.2 Å². The van der Waals surface area contributed by atoms with E-state index in [9.17, 15) is 14.9 Å². The van der Waals surface area contributed by atoms with Crippen LogP contribution in [-0.2, 0) is 4.79 Å². The van der Waals surface area contributed by atoms with Crippen LogP contribution in [0.3, 0.4) is 0 Å². The first-order valence-electron chi connectivity index (χ1n) is 4.78. The Morgan fingerprint density at radius 1 is 1.29 bits per heavy atom. The minimum atomic E-state index is -0.625. The Hall–Kier alpha value is -2.57. The predicted octanol–water partition coefficient (Wildman–Crippen LogP) is 0.815. The molecule has 3 N–H and O–H groups in total. The van der Waals surface area contributed by atoms with E-state index < -0.39 is 4.92 Å². The maximum Gasteiger partial charge on any atom is 0.276 e. The fourth-order valence-electron chi connectivity index (χ4n) is 1.03. The molecule has 0 spiro atoms. The highest BCUT2D eigenvalue weighted by Gasteiger charge is 2.03. The van der Waals surface area contributed by atoms with E-state index in [1.54, 1.807) is 24.3 Å². The number of amides is 1. The number of nitrogens with one attached hydrogen (secondary N) is 3. The molecule has 0 atom stereocenters. The standard InChI is InChI=1S/C10H12N4O3/c1-8(15)12-13-10(7-14(16)17)11-9-5-3-2-4-6-9/h2-7,11,13H,1H3,(H,12,15)/b10-7-. The molecule has 90 valence electrons. The average Bonchev–Trinajstić information content (AvgIpc) is 2.26. The molecule has 0 bridgehead atoms. The SMILES string of the molecule is CC(=O)NN/C(=C\[N+](=O)[O-])Nc1ccccc1. The van der Waals surface area contributed by atoms with Crippen LogP contribution in [-0.4, -0.2) is 10.8 Å². The molecule has 7 heteroatoms. The first-order chi connectivity index (χ1) is 8.08. The molecule has 0 heterocycles. The van der Waals surface area contributed by atoms with Crippen molar-refractivity contribution in [1.29, 1.82) is 0 Å². The van der Waals surface area contributed by atoms with Crippen LogP contribution in [0.4, 0.5) is 5.69 Å². The smallest absolute Gasteiger partial charge is 0.276 e. The van der Waals surface area contributed by atoms with Crippen molar-refractivity contribution in [3.05, 3.63) is 52.5 Å². The molecule has 0 aliphatic carbocycles. The highest BCUT2D eigenvalue weighted by Crippen LogP contribution is 2.07. The monoisotopic (exact) mass is 236 g/mol. The summed E-state index contributed by atoms with van der Waals surface area (Å²) in [5, 5.41) is 13.1. The van der Waals surface area contributed by atoms with Gasteiger partial charge in [0.25, 0.3) is 6.20 Å². The number of hydrogen-bond donors (Lipinski definition) is 3. The van der Waals surface area contributed by atoms with E-state index in [0.717, 1.165) is 6.20 Å². The van der Waals surface area contributed by atoms with Crippen LogP contribution in [0.25, 0.3) is 0 Å². The normalized spacial score (nSPS) is 10.5. The number of para-hydroxylation sites is 1. The van der Waals surface area contributed by atoms with Crippen molar-refractivity contribution in [2.24, 2.45) is 0 Å². The zero-order valence-corrected chi connectivity index (χ0v) is 9.14. The van der Waals surface area contributed by atoms with Crippen molar-refractivity contribution >= 4 is 11.6 Å². The minimum Gasteiger partial charge on any atom is -0.336 e. The van der Waals surface area contributed by atoms with E-state index in [0.29, 0.717) is 5.69 Å².